The monoisotopic (exact) mass is 596 g/mol. The molecule has 3 saturated heterocycles. The molecule has 4 atom stereocenters. The number of nitrogens with two attached hydrogens (primary N) is 1. The zero-order valence-electron chi connectivity index (χ0n) is 25.1. The van der Waals surface area contributed by atoms with E-state index in [1.807, 2.05) is 10.7 Å². The summed E-state index contributed by atoms with van der Waals surface area (Å²) in [7, 11) is 0. The maximum absolute atomic E-state index is 13.5. The number of benzene rings is 1. The molecule has 2 bridgehead atoms. The minimum absolute atomic E-state index is 0.00619. The highest BCUT2D eigenvalue weighted by atomic mass is 16.5. The Labute approximate surface area is 254 Å². The van der Waals surface area contributed by atoms with Gasteiger partial charge in [-0.3, -0.25) is 9.59 Å². The first-order valence-electron chi connectivity index (χ1n) is 15.3. The molecule has 5 aliphatic rings. The molecule has 228 valence electrons. The predicted octanol–water partition coefficient (Wildman–Crippen LogP) is 3.55. The van der Waals surface area contributed by atoms with Crippen LogP contribution in [0.2, 0.25) is 0 Å². The van der Waals surface area contributed by atoms with Crippen LogP contribution in [0.5, 0.6) is 0 Å². The van der Waals surface area contributed by atoms with Gasteiger partial charge in [0.15, 0.2) is 11.5 Å². The van der Waals surface area contributed by atoms with Crippen LogP contribution in [0.15, 0.2) is 42.6 Å². The molecular formula is C32H36N8O4. The number of hydrogen-bond donors (Lipinski definition) is 2. The van der Waals surface area contributed by atoms with Gasteiger partial charge in [0.25, 0.3) is 5.91 Å². The number of carbonyl (C=O) groups excluding carboxylic acids is 1. The van der Waals surface area contributed by atoms with Gasteiger partial charge in [-0.25, -0.2) is 9.50 Å². The van der Waals surface area contributed by atoms with Gasteiger partial charge in [-0.1, -0.05) is 37.3 Å². The lowest BCUT2D eigenvalue weighted by atomic mass is 9.62. The molecule has 0 amide bonds. The van der Waals surface area contributed by atoms with Crippen molar-refractivity contribution in [2.75, 3.05) is 30.3 Å². The van der Waals surface area contributed by atoms with E-state index in [1.165, 1.54) is 10.2 Å². The van der Waals surface area contributed by atoms with Crippen molar-refractivity contribution >= 4 is 29.2 Å². The first kappa shape index (κ1) is 27.2. The van der Waals surface area contributed by atoms with Crippen molar-refractivity contribution in [2.24, 2.45) is 17.3 Å². The van der Waals surface area contributed by atoms with Gasteiger partial charge in [-0.2, -0.15) is 9.67 Å². The van der Waals surface area contributed by atoms with Crippen LogP contribution >= 0.6 is 0 Å². The maximum Gasteiger partial charge on any atom is 0.309 e. The lowest BCUT2D eigenvalue weighted by Crippen LogP contribution is -2.48. The molecule has 1 aromatic carbocycles. The van der Waals surface area contributed by atoms with E-state index < -0.39 is 22.9 Å². The summed E-state index contributed by atoms with van der Waals surface area (Å²) in [6.45, 7) is 8.41. The number of carboxylic acid groups (broad SMARTS) is 1. The minimum atomic E-state index is -0.904. The zero-order valence-corrected chi connectivity index (χ0v) is 25.1. The summed E-state index contributed by atoms with van der Waals surface area (Å²) in [5, 5.41) is 18.7. The Morgan fingerprint density at radius 2 is 1.86 bits per heavy atom. The van der Waals surface area contributed by atoms with E-state index in [4.69, 9.17) is 20.6 Å². The van der Waals surface area contributed by atoms with Crippen molar-refractivity contribution in [2.45, 2.75) is 63.4 Å². The van der Waals surface area contributed by atoms with Gasteiger partial charge in [-0.05, 0) is 62.6 Å². The highest BCUT2D eigenvalue weighted by molar-refractivity contribution is 5.86. The fraction of sp³-hybridized carbons (Fsp3) is 0.500. The van der Waals surface area contributed by atoms with E-state index in [0.717, 1.165) is 36.4 Å². The average Bonchev–Trinajstić information content (AvgIpc) is 3.79. The van der Waals surface area contributed by atoms with Crippen molar-refractivity contribution in [3.63, 3.8) is 0 Å². The normalized spacial score (nSPS) is 32.5. The Balaban J connectivity index is 1.09. The van der Waals surface area contributed by atoms with Crippen LogP contribution in [-0.2, 0) is 20.5 Å². The molecule has 6 heterocycles. The summed E-state index contributed by atoms with van der Waals surface area (Å²) in [4.78, 5) is 37.0. The van der Waals surface area contributed by atoms with E-state index in [9.17, 15) is 14.7 Å². The van der Waals surface area contributed by atoms with Crippen molar-refractivity contribution in [1.82, 2.24) is 29.4 Å². The van der Waals surface area contributed by atoms with E-state index in [1.54, 1.807) is 6.92 Å². The summed E-state index contributed by atoms with van der Waals surface area (Å²) in [6, 6.07) is 12.9. The maximum atomic E-state index is 13.5. The molecule has 0 radical (unpaired) electrons. The number of nitrogens with zero attached hydrogens (tertiary/aromatic N) is 7. The second kappa shape index (κ2) is 9.10. The fourth-order valence-electron chi connectivity index (χ4n) is 8.12. The van der Waals surface area contributed by atoms with E-state index in [2.05, 4.69) is 65.2 Å². The van der Waals surface area contributed by atoms with Crippen LogP contribution in [0.4, 0.5) is 11.6 Å². The van der Waals surface area contributed by atoms with Crippen LogP contribution in [0.3, 0.4) is 0 Å². The number of ether oxygens (including phenoxy) is 1. The Morgan fingerprint density at radius 1 is 1.09 bits per heavy atom. The van der Waals surface area contributed by atoms with Crippen molar-refractivity contribution < 1.29 is 19.4 Å². The molecule has 0 spiro atoms. The summed E-state index contributed by atoms with van der Waals surface area (Å²) in [5.74, 6) is -0.769. The number of pyridine rings is 1. The summed E-state index contributed by atoms with van der Waals surface area (Å²) >= 11 is 0. The van der Waals surface area contributed by atoms with Crippen LogP contribution in [0, 0.1) is 24.2 Å². The molecule has 2 saturated carbocycles. The van der Waals surface area contributed by atoms with Crippen LogP contribution < -0.4 is 10.6 Å². The number of aromatic nitrogens is 6. The zero-order chi connectivity index (χ0) is 30.6. The second-order valence-corrected chi connectivity index (χ2v) is 13.9. The number of carboxylic acids is 1. The molecule has 9 rings (SSSR count). The van der Waals surface area contributed by atoms with Gasteiger partial charge >= 0.3 is 5.97 Å². The molecule has 5 fully saturated rings. The number of fused-ring (bicyclic) bond motifs is 2. The van der Waals surface area contributed by atoms with Gasteiger partial charge in [0.1, 0.15) is 11.4 Å². The summed E-state index contributed by atoms with van der Waals surface area (Å²) < 4.78 is 9.53. The number of nitrogen functional groups attached to an aromatic ring is 1. The molecule has 4 aromatic rings. The lowest BCUT2D eigenvalue weighted by Gasteiger charge is -2.43. The van der Waals surface area contributed by atoms with Gasteiger partial charge < -0.3 is 20.5 Å². The van der Waals surface area contributed by atoms with E-state index in [0.29, 0.717) is 24.7 Å². The molecule has 12 heteroatoms. The molecular weight excluding hydrogens is 560 g/mol. The topological polar surface area (TPSA) is 154 Å². The first-order chi connectivity index (χ1) is 21.0. The lowest BCUT2D eigenvalue weighted by molar-refractivity contribution is -0.155. The van der Waals surface area contributed by atoms with Crippen LogP contribution in [-0.4, -0.2) is 66.0 Å². The quantitative estimate of drug-likeness (QED) is 0.338. The summed E-state index contributed by atoms with van der Waals surface area (Å²) in [6.07, 6.45) is 4.34. The van der Waals surface area contributed by atoms with Gasteiger partial charge in [0.2, 0.25) is 5.95 Å². The Bertz CT molecular complexity index is 1820. The SMILES string of the molecule is Cc1cc(N2CC[C@](C)(c3ccccc3)C2)cn2nc(C34CC(CO3)C4c3nc(N)nn3C(=O)C3CC(C)(C(=O)O)C3)nc12. The molecule has 3 unspecified atom stereocenters. The molecule has 3 aromatic heterocycles. The summed E-state index contributed by atoms with van der Waals surface area (Å²) in [5.41, 5.74) is 8.60. The number of aryl methyl sites for hydroxylation is 1. The third-order valence-corrected chi connectivity index (χ3v) is 10.8. The Kier molecular flexibility index (Phi) is 5.64. The fourth-order valence-corrected chi connectivity index (χ4v) is 8.12. The number of rotatable bonds is 6. The molecule has 3 aliphatic heterocycles. The largest absolute Gasteiger partial charge is 0.481 e. The third kappa shape index (κ3) is 3.79. The predicted molar refractivity (Wildman–Crippen MR) is 160 cm³/mol. The smallest absolute Gasteiger partial charge is 0.309 e. The number of anilines is 2. The third-order valence-electron chi connectivity index (χ3n) is 10.8. The van der Waals surface area contributed by atoms with Crippen LogP contribution in [0.1, 0.15) is 73.0 Å². The molecule has 2 aliphatic carbocycles. The molecule has 12 nitrogen and oxygen atoms in total. The van der Waals surface area contributed by atoms with E-state index in [-0.39, 0.29) is 41.9 Å². The molecule has 44 heavy (non-hydrogen) atoms. The van der Waals surface area contributed by atoms with E-state index >= 15 is 0 Å². The van der Waals surface area contributed by atoms with Crippen molar-refractivity contribution in [1.29, 1.82) is 0 Å². The standard InChI is InChI=1S/C32H36N8O4/c1-18-11-22(38-10-9-30(2,17-38)21-7-5-4-6-8-21)15-39-24(18)34-27(36-39)32-14-20(16-44-32)23(32)25-35-29(33)37-40(25)26(41)19-12-31(3,13-19)28(42)43/h4-8,11,15,19-20,23H,9-10,12-14,16-17H2,1-3H3,(H2,33,37)(H,42,43)/t19?,20?,23?,30-,31?,32?/m0/s1. The van der Waals surface area contributed by atoms with Gasteiger partial charge in [0.05, 0.1) is 29.8 Å². The van der Waals surface area contributed by atoms with Crippen molar-refractivity contribution in [3.05, 3.63) is 65.4 Å². The van der Waals surface area contributed by atoms with Crippen LogP contribution in [0.25, 0.3) is 5.65 Å². The molecule has 3 N–H and O–H groups in total. The average molecular weight is 597 g/mol. The Hall–Kier alpha value is -4.32. The number of carbonyl (C=O) groups is 2. The number of hydrogen-bond acceptors (Lipinski definition) is 9. The van der Waals surface area contributed by atoms with Crippen molar-refractivity contribution in [3.8, 4) is 0 Å². The Morgan fingerprint density at radius 3 is 2.59 bits per heavy atom. The minimum Gasteiger partial charge on any atom is -0.481 e. The highest BCUT2D eigenvalue weighted by Gasteiger charge is 2.67. The highest BCUT2D eigenvalue weighted by Crippen LogP contribution is 2.63. The van der Waals surface area contributed by atoms with Gasteiger partial charge in [0, 0.05) is 24.4 Å². The first-order valence-corrected chi connectivity index (χ1v) is 15.3. The number of aliphatic carboxylic acids is 1. The second-order valence-electron chi connectivity index (χ2n) is 13.9. The van der Waals surface area contributed by atoms with Gasteiger partial charge in [-0.15, -0.1) is 10.2 Å².